The molecule has 38 heavy (non-hydrogen) atoms. The number of carboxylic acids is 2. The van der Waals surface area contributed by atoms with E-state index in [-0.39, 0.29) is 12.4 Å². The number of aliphatic hydroxyl groups excluding tert-OH is 1. The third-order valence-corrected chi connectivity index (χ3v) is 8.01. The largest absolute Gasteiger partial charge is 0.490 e. The van der Waals surface area contributed by atoms with Crippen molar-refractivity contribution >= 4 is 44.3 Å². The number of H-pyrrole nitrogens is 1. The lowest BCUT2D eigenvalue weighted by Gasteiger charge is -2.38. The average molecular weight is 543 g/mol. The summed E-state index contributed by atoms with van der Waals surface area (Å²) < 4.78 is 20.7. The van der Waals surface area contributed by atoms with Crippen molar-refractivity contribution < 1.29 is 34.0 Å². The quantitative estimate of drug-likeness (QED) is 0.253. The van der Waals surface area contributed by atoms with Crippen molar-refractivity contribution in [3.8, 4) is 5.75 Å². The van der Waals surface area contributed by atoms with Crippen molar-refractivity contribution in [1.82, 2.24) is 9.88 Å². The first-order valence-corrected chi connectivity index (χ1v) is 13.2. The molecule has 1 aliphatic heterocycles. The first kappa shape index (κ1) is 27.6. The monoisotopic (exact) mass is 542 g/mol. The van der Waals surface area contributed by atoms with Gasteiger partial charge in [-0.3, -0.25) is 4.90 Å². The van der Waals surface area contributed by atoms with Crippen LogP contribution in [0.15, 0.2) is 48.5 Å². The lowest BCUT2D eigenvalue weighted by Crippen LogP contribution is -2.45. The van der Waals surface area contributed by atoms with Crippen molar-refractivity contribution in [3.63, 3.8) is 0 Å². The molecule has 2 aromatic carbocycles. The maximum absolute atomic E-state index is 13.5. The lowest BCUT2D eigenvalue weighted by molar-refractivity contribution is -0.159. The van der Waals surface area contributed by atoms with E-state index in [0.29, 0.717) is 18.5 Å². The van der Waals surface area contributed by atoms with Gasteiger partial charge in [0.25, 0.3) is 0 Å². The van der Waals surface area contributed by atoms with Crippen molar-refractivity contribution in [2.75, 3.05) is 19.7 Å². The van der Waals surface area contributed by atoms with Gasteiger partial charge in [-0.25, -0.2) is 14.0 Å². The van der Waals surface area contributed by atoms with Gasteiger partial charge < -0.3 is 25.0 Å². The minimum atomic E-state index is -1.82. The second kappa shape index (κ2) is 11.9. The second-order valence-electron chi connectivity index (χ2n) is 9.64. The topological polar surface area (TPSA) is 123 Å². The highest BCUT2D eigenvalue weighted by molar-refractivity contribution is 7.19. The van der Waals surface area contributed by atoms with Gasteiger partial charge in [0.2, 0.25) is 0 Å². The van der Waals surface area contributed by atoms with E-state index >= 15 is 0 Å². The summed E-state index contributed by atoms with van der Waals surface area (Å²) in [5, 5.41) is 27.5. The molecule has 0 aliphatic carbocycles. The Morgan fingerprint density at radius 1 is 1.18 bits per heavy atom. The van der Waals surface area contributed by atoms with E-state index in [9.17, 15) is 9.50 Å². The van der Waals surface area contributed by atoms with Gasteiger partial charge in [0, 0.05) is 38.8 Å². The molecule has 0 bridgehead atoms. The number of ether oxygens (including phenoxy) is 1. The van der Waals surface area contributed by atoms with Crippen LogP contribution in [-0.2, 0) is 9.59 Å². The zero-order chi connectivity index (χ0) is 27.4. The van der Waals surface area contributed by atoms with E-state index in [4.69, 9.17) is 24.5 Å². The molecule has 5 rings (SSSR count). The third-order valence-electron chi connectivity index (χ3n) is 6.73. The normalized spacial score (nSPS) is 18.6. The van der Waals surface area contributed by atoms with E-state index in [1.807, 2.05) is 31.2 Å². The highest BCUT2D eigenvalue weighted by Gasteiger charge is 2.29. The minimum Gasteiger partial charge on any atom is -0.490 e. The highest BCUT2D eigenvalue weighted by atomic mass is 32.1. The van der Waals surface area contributed by atoms with Gasteiger partial charge in [0.15, 0.2) is 0 Å². The number of aromatic amines is 1. The smallest absolute Gasteiger partial charge is 0.414 e. The van der Waals surface area contributed by atoms with Gasteiger partial charge >= 0.3 is 11.9 Å². The first-order valence-electron chi connectivity index (χ1n) is 12.4. The number of carboxylic acid groups (broad SMARTS) is 2. The number of likely N-dealkylation sites (tertiary alicyclic amines) is 1. The van der Waals surface area contributed by atoms with Gasteiger partial charge in [-0.05, 0) is 87.0 Å². The number of piperidine rings is 1. The van der Waals surface area contributed by atoms with Crippen LogP contribution in [0, 0.1) is 12.7 Å². The fourth-order valence-corrected chi connectivity index (χ4v) is 6.08. The number of benzene rings is 2. The molecule has 202 valence electrons. The number of aliphatic carboxylic acids is 2. The summed E-state index contributed by atoms with van der Waals surface area (Å²) in [6.07, 6.45) is 1.55. The molecule has 1 saturated heterocycles. The first-order chi connectivity index (χ1) is 18.1. The average Bonchev–Trinajstić information content (AvgIpc) is 3.46. The summed E-state index contributed by atoms with van der Waals surface area (Å²) in [5.41, 5.74) is 2.14. The summed E-state index contributed by atoms with van der Waals surface area (Å²) in [6, 6.07) is 15.6. The number of carbonyl (C=O) groups is 2. The number of nitrogens with zero attached hydrogens (tertiary/aromatic N) is 1. The van der Waals surface area contributed by atoms with Crippen molar-refractivity contribution in [2.45, 2.75) is 44.8 Å². The number of nitrogens with one attached hydrogen (secondary N) is 1. The number of aliphatic hydroxyl groups is 1. The van der Waals surface area contributed by atoms with Gasteiger partial charge in [-0.15, -0.1) is 11.3 Å². The number of β-amino-alcohol motifs (C(OH)–C–C–N with tert-alkyl or cyclic N) is 1. The summed E-state index contributed by atoms with van der Waals surface area (Å²) in [5.74, 6) is -2.53. The fraction of sp³-hybridized carbons (Fsp3) is 0.357. The highest BCUT2D eigenvalue weighted by Crippen LogP contribution is 2.38. The van der Waals surface area contributed by atoms with E-state index in [0.717, 1.165) is 51.8 Å². The van der Waals surface area contributed by atoms with Crippen LogP contribution in [-0.4, -0.2) is 69.0 Å². The maximum Gasteiger partial charge on any atom is 0.414 e. The number of fused-ring (bicyclic) bond motifs is 2. The number of thiophene rings is 1. The Kier molecular flexibility index (Phi) is 8.65. The molecule has 0 spiro atoms. The Balaban J connectivity index is 0.000000505. The van der Waals surface area contributed by atoms with Gasteiger partial charge in [0.05, 0.1) is 0 Å². The van der Waals surface area contributed by atoms with Gasteiger partial charge in [-0.1, -0.05) is 6.07 Å². The van der Waals surface area contributed by atoms with Crippen LogP contribution in [0.2, 0.25) is 0 Å². The van der Waals surface area contributed by atoms with Crippen LogP contribution >= 0.6 is 11.3 Å². The summed E-state index contributed by atoms with van der Waals surface area (Å²) in [4.78, 5) is 25.2. The Morgan fingerprint density at radius 3 is 2.66 bits per heavy atom. The predicted molar refractivity (Wildman–Crippen MR) is 145 cm³/mol. The standard InChI is InChI=1S/C26H29FN2O2S.C2H2O4/c1-16-10-22-23(28-16)4-3-5-24(22)31-15-21(30)14-29-9-8-18(11-17(29)2)26-13-19-12-20(27)6-7-25(19)32-26;3-1(4)2(5)6/h3-7,10,12-13,17-18,21,28,30H,8-9,11,14-15H2,1-2H3;(H,3,4)(H,5,6)/t17-,18-,21+;/m1./s1. The number of halogens is 1. The van der Waals surface area contributed by atoms with Crippen molar-refractivity contribution in [3.05, 3.63) is 64.9 Å². The molecule has 0 saturated carbocycles. The van der Waals surface area contributed by atoms with Gasteiger partial charge in [-0.2, -0.15) is 0 Å². The van der Waals surface area contributed by atoms with Crippen LogP contribution in [0.1, 0.15) is 36.3 Å². The predicted octanol–water partition coefficient (Wildman–Crippen LogP) is 4.99. The molecule has 1 fully saturated rings. The van der Waals surface area contributed by atoms with Crippen LogP contribution in [0.25, 0.3) is 21.0 Å². The zero-order valence-corrected chi connectivity index (χ0v) is 22.0. The van der Waals surface area contributed by atoms with E-state index in [2.05, 4.69) is 28.9 Å². The molecule has 3 heterocycles. The van der Waals surface area contributed by atoms with Crippen molar-refractivity contribution in [1.29, 1.82) is 0 Å². The molecule has 4 N–H and O–H groups in total. The third kappa shape index (κ3) is 6.69. The number of aryl methyl sites for hydroxylation is 1. The number of aromatic nitrogens is 1. The fourth-order valence-electron chi connectivity index (χ4n) is 4.89. The number of hydrogen-bond acceptors (Lipinski definition) is 6. The SMILES string of the molecule is Cc1cc2c(OC[C@@H](O)CN3CC[C@@H](c4cc5cc(F)ccc5s4)C[C@H]3C)cccc2[nH]1.O=C(O)C(=O)O. The van der Waals surface area contributed by atoms with E-state index in [1.165, 1.54) is 10.9 Å². The van der Waals surface area contributed by atoms with Crippen LogP contribution in [0.4, 0.5) is 4.39 Å². The molecule has 10 heteroatoms. The lowest BCUT2D eigenvalue weighted by atomic mass is 9.90. The summed E-state index contributed by atoms with van der Waals surface area (Å²) >= 11 is 1.78. The molecular weight excluding hydrogens is 511 g/mol. The van der Waals surface area contributed by atoms with Crippen LogP contribution in [0.5, 0.6) is 5.75 Å². The van der Waals surface area contributed by atoms with Crippen molar-refractivity contribution in [2.24, 2.45) is 0 Å². The Hall–Kier alpha value is -3.47. The molecule has 0 radical (unpaired) electrons. The molecule has 3 atom stereocenters. The van der Waals surface area contributed by atoms with E-state index in [1.54, 1.807) is 17.4 Å². The van der Waals surface area contributed by atoms with Crippen LogP contribution in [0.3, 0.4) is 0 Å². The Morgan fingerprint density at radius 2 is 1.95 bits per heavy atom. The summed E-state index contributed by atoms with van der Waals surface area (Å²) in [7, 11) is 0. The minimum absolute atomic E-state index is 0.177. The number of hydrogen-bond donors (Lipinski definition) is 4. The molecular formula is C28H31FN2O6S. The molecule has 4 aromatic rings. The van der Waals surface area contributed by atoms with Crippen LogP contribution < -0.4 is 4.74 Å². The Labute approximate surface area is 223 Å². The zero-order valence-electron chi connectivity index (χ0n) is 21.2. The number of rotatable bonds is 6. The van der Waals surface area contributed by atoms with E-state index < -0.39 is 18.0 Å². The molecule has 2 aromatic heterocycles. The summed E-state index contributed by atoms with van der Waals surface area (Å²) in [6.45, 7) is 6.08. The molecule has 0 unspecified atom stereocenters. The second-order valence-corrected chi connectivity index (χ2v) is 10.8. The maximum atomic E-state index is 13.5. The molecule has 0 amide bonds. The van der Waals surface area contributed by atoms with Gasteiger partial charge in [0.1, 0.15) is 24.3 Å². The molecule has 8 nitrogen and oxygen atoms in total. The molecule has 1 aliphatic rings. The Bertz CT molecular complexity index is 1420.